The predicted molar refractivity (Wildman–Crippen MR) is 509 cm³/mol. The maximum Gasteiger partial charge on any atom is 0.0640 e. The molecule has 0 bridgehead atoms. The fraction of sp³-hybridized carbons (Fsp3) is 0. The molecule has 0 aliphatic carbocycles. The highest BCUT2D eigenvalue weighted by molar-refractivity contribution is 7.26. The molecule has 0 amide bonds. The summed E-state index contributed by atoms with van der Waals surface area (Å²) in [6.45, 7) is 0. The molecule has 22 aromatic rings. The Balaban J connectivity index is 0.000000116. The summed E-state index contributed by atoms with van der Waals surface area (Å²) in [5, 5.41) is 23.1. The van der Waals surface area contributed by atoms with Crippen molar-refractivity contribution in [3.63, 3.8) is 0 Å². The zero-order chi connectivity index (χ0) is 79.2. The molecule has 0 saturated carbocycles. The van der Waals surface area contributed by atoms with Gasteiger partial charge in [0.25, 0.3) is 0 Å². The van der Waals surface area contributed by atoms with Gasteiger partial charge in [0.15, 0.2) is 0 Å². The van der Waals surface area contributed by atoms with E-state index in [0.717, 1.165) is 96.5 Å². The number of anilines is 15. The smallest absolute Gasteiger partial charge is 0.0640 e. The molecule has 19 aromatic carbocycles. The van der Waals surface area contributed by atoms with Gasteiger partial charge in [0, 0.05) is 133 Å². The van der Waals surface area contributed by atoms with Gasteiger partial charge < -0.3 is 39.8 Å². The first-order chi connectivity index (χ1) is 59.0. The van der Waals surface area contributed by atoms with Crippen molar-refractivity contribution in [3.8, 4) is 11.4 Å². The number of aromatic nitrogens is 2. The lowest BCUT2D eigenvalue weighted by molar-refractivity contribution is 1.18. The molecule has 8 nitrogen and oxygen atoms in total. The number of fused-ring (bicyclic) bond motifs is 11. The third kappa shape index (κ3) is 14.6. The molecule has 566 valence electrons. The van der Waals surface area contributed by atoms with E-state index in [1.165, 1.54) is 85.5 Å². The van der Waals surface area contributed by atoms with E-state index in [2.05, 4.69) is 483 Å². The number of thiophene rings is 1. The van der Waals surface area contributed by atoms with Crippen molar-refractivity contribution in [1.82, 2.24) is 9.13 Å². The third-order valence-corrected chi connectivity index (χ3v) is 23.2. The highest BCUT2D eigenvalue weighted by atomic mass is 32.1. The lowest BCUT2D eigenvalue weighted by Crippen LogP contribution is -2.10. The number of para-hydroxylation sites is 9. The number of benzene rings is 19. The standard InChI is InChI=1S/C44H31N3.C36H27N3.C30H22N2S/c1-3-17-34(18-4-1)46(42-24-12-16-32-14-8-10-22-38(32)42)36-26-28-43-40(30-36)39-27-25-33(29-44(39)47(43)35-19-5-2-6-20-35)45-41-23-11-15-31-13-7-9-21-37(31)41;1-5-13-27(14-6-1)37-28-21-23-33-34-26-32(38(29-15-7-2-8-16-29)30-17-9-3-10-18-30)22-24-35(34)39(36(33)25-28)31-19-11-4-12-20-31;1-4-11-22(12-5-1)31-23-19-20-26-27-17-10-18-28(30(27)33-29(26)21-23)32(24-13-6-2-7-14-24)25-15-8-3-9-16-25/h1-30,45H;1-26,37H;1-21,31H. The molecule has 119 heavy (non-hydrogen) atoms. The average Bonchev–Trinajstić information content (AvgIpc) is 1.60. The van der Waals surface area contributed by atoms with Gasteiger partial charge in [-0.15, -0.1) is 11.3 Å². The van der Waals surface area contributed by atoms with Crippen LogP contribution in [-0.2, 0) is 0 Å². The van der Waals surface area contributed by atoms with E-state index < -0.39 is 0 Å². The summed E-state index contributed by atoms with van der Waals surface area (Å²) in [5.74, 6) is 0. The fourth-order valence-electron chi connectivity index (χ4n) is 16.7. The molecule has 0 saturated heterocycles. The molecule has 0 atom stereocenters. The van der Waals surface area contributed by atoms with E-state index in [4.69, 9.17) is 0 Å². The summed E-state index contributed by atoms with van der Waals surface area (Å²) < 4.78 is 7.31. The molecule has 0 aliphatic heterocycles. The number of nitrogens with zero attached hydrogens (tertiary/aromatic N) is 5. The van der Waals surface area contributed by atoms with Crippen molar-refractivity contribution in [3.05, 3.63) is 467 Å². The van der Waals surface area contributed by atoms with Crippen LogP contribution in [0, 0.1) is 0 Å². The van der Waals surface area contributed by atoms with Crippen molar-refractivity contribution >= 4 is 182 Å². The zero-order valence-corrected chi connectivity index (χ0v) is 65.9. The Kier molecular flexibility index (Phi) is 19.8. The maximum absolute atomic E-state index is 3.73. The predicted octanol–water partition coefficient (Wildman–Crippen LogP) is 31.6. The molecule has 0 fully saturated rings. The second-order valence-electron chi connectivity index (χ2n) is 29.5. The molecule has 3 N–H and O–H groups in total. The fourth-order valence-corrected chi connectivity index (χ4v) is 17.9. The Hall–Kier alpha value is -15.7. The van der Waals surface area contributed by atoms with Crippen LogP contribution in [0.5, 0.6) is 0 Å². The van der Waals surface area contributed by atoms with Crippen LogP contribution in [0.25, 0.3) is 96.7 Å². The van der Waals surface area contributed by atoms with Crippen molar-refractivity contribution in [2.24, 2.45) is 0 Å². The summed E-state index contributed by atoms with van der Waals surface area (Å²) in [6, 6.07) is 165. The Morgan fingerprint density at radius 3 is 1.04 bits per heavy atom. The van der Waals surface area contributed by atoms with Crippen molar-refractivity contribution in [2.45, 2.75) is 0 Å². The lowest BCUT2D eigenvalue weighted by atomic mass is 10.1. The molecule has 3 aromatic heterocycles. The van der Waals surface area contributed by atoms with E-state index in [-0.39, 0.29) is 0 Å². The van der Waals surface area contributed by atoms with Crippen LogP contribution < -0.4 is 30.7 Å². The Bertz CT molecular complexity index is 7220. The first-order valence-electron chi connectivity index (χ1n) is 40.3. The van der Waals surface area contributed by atoms with E-state index in [1.54, 1.807) is 0 Å². The van der Waals surface area contributed by atoms with E-state index in [0.29, 0.717) is 0 Å². The monoisotopic (exact) mass is 1540 g/mol. The van der Waals surface area contributed by atoms with Crippen LogP contribution >= 0.6 is 11.3 Å². The van der Waals surface area contributed by atoms with Gasteiger partial charge in [0.2, 0.25) is 0 Å². The van der Waals surface area contributed by atoms with Gasteiger partial charge in [0.05, 0.1) is 38.1 Å². The highest BCUT2D eigenvalue weighted by Gasteiger charge is 2.23. The third-order valence-electron chi connectivity index (χ3n) is 22.0. The topological polar surface area (TPSA) is 55.7 Å². The highest BCUT2D eigenvalue weighted by Crippen LogP contribution is 2.48. The van der Waals surface area contributed by atoms with Crippen molar-refractivity contribution in [2.75, 3.05) is 30.7 Å². The molecule has 0 unspecified atom stereocenters. The minimum absolute atomic E-state index is 1.05. The maximum atomic E-state index is 3.73. The average molecular weight is 1550 g/mol. The van der Waals surface area contributed by atoms with Gasteiger partial charge in [0.1, 0.15) is 0 Å². The summed E-state index contributed by atoms with van der Waals surface area (Å²) in [4.78, 5) is 7.04. The van der Waals surface area contributed by atoms with Crippen LogP contribution in [0.2, 0.25) is 0 Å². The Labute approximate surface area is 695 Å². The first-order valence-corrected chi connectivity index (χ1v) is 41.1. The second-order valence-corrected chi connectivity index (χ2v) is 30.5. The second kappa shape index (κ2) is 32.7. The summed E-state index contributed by atoms with van der Waals surface area (Å²) in [6.07, 6.45) is 0. The van der Waals surface area contributed by atoms with Crippen molar-refractivity contribution < 1.29 is 0 Å². The van der Waals surface area contributed by atoms with Gasteiger partial charge in [-0.05, 0) is 211 Å². The van der Waals surface area contributed by atoms with Crippen LogP contribution in [0.15, 0.2) is 467 Å². The summed E-state index contributed by atoms with van der Waals surface area (Å²) in [5.41, 5.74) is 23.7. The first kappa shape index (κ1) is 72.3. The lowest BCUT2D eigenvalue weighted by Gasteiger charge is -2.27. The molecular weight excluding hydrogens is 1470 g/mol. The molecule has 0 spiro atoms. The van der Waals surface area contributed by atoms with Crippen LogP contribution in [-0.4, -0.2) is 9.13 Å². The quantitative estimate of drug-likeness (QED) is 0.0845. The Morgan fingerprint density at radius 1 is 0.193 bits per heavy atom. The largest absolute Gasteiger partial charge is 0.355 e. The number of rotatable bonds is 17. The summed E-state index contributed by atoms with van der Waals surface area (Å²) in [7, 11) is 0. The number of nitrogens with one attached hydrogen (secondary N) is 3. The zero-order valence-electron chi connectivity index (χ0n) is 65.1. The molecule has 0 aliphatic rings. The SMILES string of the molecule is c1ccc(N(c2ccc3c(c2)c2ccc(Nc4cccc5ccccc45)cc2n3-c2ccccc2)c2cccc3ccccc23)cc1.c1ccc(Nc2ccc3c(c2)sc2c(N(c4ccccc4)c4ccccc4)cccc23)cc1.c1ccc(Nc2ccc3c4cc(N(c5ccccc5)c5ccccc5)ccc4n(-c4ccccc4)c3c2)cc1. The molecule has 3 heterocycles. The van der Waals surface area contributed by atoms with E-state index >= 15 is 0 Å². The van der Waals surface area contributed by atoms with Crippen LogP contribution in [0.1, 0.15) is 0 Å². The van der Waals surface area contributed by atoms with Gasteiger partial charge in [-0.2, -0.15) is 0 Å². The van der Waals surface area contributed by atoms with Crippen LogP contribution in [0.3, 0.4) is 0 Å². The van der Waals surface area contributed by atoms with E-state index in [1.807, 2.05) is 35.6 Å². The molecule has 22 rings (SSSR count). The van der Waals surface area contributed by atoms with Crippen LogP contribution in [0.4, 0.5) is 85.3 Å². The van der Waals surface area contributed by atoms with Gasteiger partial charge in [-0.1, -0.05) is 267 Å². The molecular formula is C110H80N8S. The van der Waals surface area contributed by atoms with Gasteiger partial charge in [-0.25, -0.2) is 0 Å². The minimum atomic E-state index is 1.05. The number of hydrogen-bond donors (Lipinski definition) is 3. The molecule has 9 heteroatoms. The van der Waals surface area contributed by atoms with Gasteiger partial charge in [-0.3, -0.25) is 0 Å². The van der Waals surface area contributed by atoms with E-state index in [9.17, 15) is 0 Å². The van der Waals surface area contributed by atoms with Gasteiger partial charge >= 0.3 is 0 Å². The van der Waals surface area contributed by atoms with Crippen molar-refractivity contribution in [1.29, 1.82) is 0 Å². The normalized spacial score (nSPS) is 11.2. The minimum Gasteiger partial charge on any atom is -0.355 e. The summed E-state index contributed by atoms with van der Waals surface area (Å²) >= 11 is 1.85. The Morgan fingerprint density at radius 2 is 0.546 bits per heavy atom. The number of hydrogen-bond acceptors (Lipinski definition) is 7. The molecule has 0 radical (unpaired) electrons.